The Labute approximate surface area is 282 Å². The summed E-state index contributed by atoms with van der Waals surface area (Å²) in [6, 6.07) is -0.0921. The van der Waals surface area contributed by atoms with Gasteiger partial charge in [0, 0.05) is 19.0 Å². The van der Waals surface area contributed by atoms with E-state index in [4.69, 9.17) is 4.74 Å². The number of rotatable bonds is 1. The third kappa shape index (κ3) is 10.4. The number of amides is 2. The number of nitrogens with one attached hydrogen (secondary N) is 1. The molecule has 4 fully saturated rings. The van der Waals surface area contributed by atoms with Crippen molar-refractivity contribution < 1.29 is 14.3 Å². The van der Waals surface area contributed by atoms with Gasteiger partial charge in [0.05, 0.1) is 12.1 Å². The van der Waals surface area contributed by atoms with Crippen molar-refractivity contribution in [3.63, 3.8) is 0 Å². The third-order valence-electron chi connectivity index (χ3n) is 11.3. The third-order valence-corrected chi connectivity index (χ3v) is 11.3. The van der Waals surface area contributed by atoms with E-state index in [0.29, 0.717) is 29.8 Å². The highest BCUT2D eigenvalue weighted by molar-refractivity contribution is 5.81. The molecule has 4 aliphatic rings. The fourth-order valence-electron chi connectivity index (χ4n) is 10.2. The zero-order valence-electron chi connectivity index (χ0n) is 33.8. The van der Waals surface area contributed by atoms with E-state index >= 15 is 0 Å². The van der Waals surface area contributed by atoms with Crippen LogP contribution in [0.4, 0.5) is 0 Å². The summed E-state index contributed by atoms with van der Waals surface area (Å²) in [7, 11) is 0. The van der Waals surface area contributed by atoms with Crippen molar-refractivity contribution in [2.45, 2.75) is 182 Å². The molecule has 0 radical (unpaired) electrons. The van der Waals surface area contributed by atoms with Crippen LogP contribution in [0.1, 0.15) is 170 Å². The van der Waals surface area contributed by atoms with E-state index in [0.717, 1.165) is 25.7 Å². The Balaban J connectivity index is 0.00000224. The maximum absolute atomic E-state index is 14.4. The SMILES string of the molecule is CC.CC.CC.CC.CC1C2(C)CC(C)(C)CC(C(=O)N3CCC4OCC(=O)NC4C3)C(C)(C)CC(C)(C)CC(C)(C)CC12C. The largest absolute Gasteiger partial charge is 0.366 e. The summed E-state index contributed by atoms with van der Waals surface area (Å²) >= 11 is 0. The van der Waals surface area contributed by atoms with Crippen LogP contribution in [0.2, 0.25) is 0 Å². The Hall–Kier alpha value is -1.10. The molecule has 2 heterocycles. The number of hydrogen-bond donors (Lipinski definition) is 1. The lowest BCUT2D eigenvalue weighted by atomic mass is 9.58. The molecular formula is C40H80N2O3. The van der Waals surface area contributed by atoms with Crippen LogP contribution in [0.3, 0.4) is 0 Å². The monoisotopic (exact) mass is 637 g/mol. The molecule has 2 aliphatic carbocycles. The van der Waals surface area contributed by atoms with Crippen molar-refractivity contribution in [2.24, 2.45) is 44.3 Å². The van der Waals surface area contributed by atoms with E-state index in [1.165, 1.54) is 12.8 Å². The van der Waals surface area contributed by atoms with E-state index in [1.807, 2.05) is 60.3 Å². The first-order chi connectivity index (χ1) is 20.7. The highest BCUT2D eigenvalue weighted by Gasteiger charge is 2.69. The zero-order chi connectivity index (χ0) is 35.8. The fourth-order valence-corrected chi connectivity index (χ4v) is 10.2. The topological polar surface area (TPSA) is 58.6 Å². The molecule has 0 aromatic heterocycles. The molecule has 5 heteroatoms. The van der Waals surface area contributed by atoms with Crippen LogP contribution < -0.4 is 5.32 Å². The molecule has 2 aliphatic heterocycles. The highest BCUT2D eigenvalue weighted by atomic mass is 16.5. The van der Waals surface area contributed by atoms with Gasteiger partial charge < -0.3 is 15.0 Å². The maximum atomic E-state index is 14.4. The molecule has 45 heavy (non-hydrogen) atoms. The van der Waals surface area contributed by atoms with Crippen LogP contribution >= 0.6 is 0 Å². The minimum absolute atomic E-state index is 0.0256. The maximum Gasteiger partial charge on any atom is 0.246 e. The average Bonchev–Trinajstić information content (AvgIpc) is 3.35. The van der Waals surface area contributed by atoms with Crippen molar-refractivity contribution in [1.82, 2.24) is 10.2 Å². The standard InChI is InChI=1S/C32H56N2O3.4C2H6/c1-21-31(10)19-27(2,3)14-22(26(36)34-13-12-24-23(15-34)33-25(35)16-37-24)30(8,9)18-28(4,5)17-29(6,7)20-32(21,31)11;4*1-2/h21-24H,12-20H2,1-11H3,(H,33,35);4*1-2H3. The average molecular weight is 637 g/mol. The molecule has 4 rings (SSSR count). The minimum Gasteiger partial charge on any atom is -0.366 e. The second-order valence-corrected chi connectivity index (χ2v) is 17.1. The molecule has 2 saturated carbocycles. The molecule has 0 aromatic rings. The lowest BCUT2D eigenvalue weighted by Crippen LogP contribution is -2.62. The number of carbonyl (C=O) groups is 2. The van der Waals surface area contributed by atoms with Crippen LogP contribution in [0.15, 0.2) is 0 Å². The first kappa shape index (κ1) is 43.9. The Morgan fingerprint density at radius 3 is 1.71 bits per heavy atom. The molecule has 1 N–H and O–H groups in total. The Morgan fingerprint density at radius 1 is 0.733 bits per heavy atom. The molecule has 5 nitrogen and oxygen atoms in total. The minimum atomic E-state index is -0.129. The molecule has 6 atom stereocenters. The fraction of sp³-hybridized carbons (Fsp3) is 0.950. The van der Waals surface area contributed by atoms with Gasteiger partial charge in [-0.3, -0.25) is 9.59 Å². The highest BCUT2D eigenvalue weighted by Crippen LogP contribution is 2.76. The number of ether oxygens (including phenoxy) is 1. The number of nitrogens with zero attached hydrogens (tertiary/aromatic N) is 1. The summed E-state index contributed by atoms with van der Waals surface area (Å²) in [6.07, 6.45) is 6.35. The van der Waals surface area contributed by atoms with E-state index < -0.39 is 0 Å². The molecule has 0 aromatic carbocycles. The van der Waals surface area contributed by atoms with Crippen LogP contribution in [0.25, 0.3) is 0 Å². The summed E-state index contributed by atoms with van der Waals surface area (Å²) in [4.78, 5) is 28.5. The smallest absolute Gasteiger partial charge is 0.246 e. The number of likely N-dealkylation sites (tertiary alicyclic amines) is 1. The van der Waals surface area contributed by atoms with E-state index in [2.05, 4.69) is 81.5 Å². The van der Waals surface area contributed by atoms with E-state index in [1.54, 1.807) is 0 Å². The number of hydrogen-bond acceptors (Lipinski definition) is 3. The van der Waals surface area contributed by atoms with Crippen molar-refractivity contribution >= 4 is 11.8 Å². The molecule has 2 saturated heterocycles. The first-order valence-corrected chi connectivity index (χ1v) is 18.9. The number of piperidine rings is 1. The van der Waals surface area contributed by atoms with Gasteiger partial charge in [-0.1, -0.05) is 132 Å². The van der Waals surface area contributed by atoms with E-state index in [9.17, 15) is 9.59 Å². The van der Waals surface area contributed by atoms with Crippen molar-refractivity contribution in [1.29, 1.82) is 0 Å². The summed E-state index contributed by atoms with van der Waals surface area (Å²) in [5, 5.41) is 3.09. The molecule has 6 unspecified atom stereocenters. The second kappa shape index (κ2) is 16.8. The van der Waals surface area contributed by atoms with Crippen molar-refractivity contribution in [2.75, 3.05) is 19.7 Å². The summed E-state index contributed by atoms with van der Waals surface area (Å²) in [5.41, 5.74) is 0.972. The Morgan fingerprint density at radius 2 is 1.20 bits per heavy atom. The molecular weight excluding hydrogens is 556 g/mol. The van der Waals surface area contributed by atoms with Crippen LogP contribution in [-0.2, 0) is 14.3 Å². The van der Waals surface area contributed by atoms with Gasteiger partial charge in [-0.2, -0.15) is 0 Å². The summed E-state index contributed by atoms with van der Waals surface area (Å²) in [6.45, 7) is 44.2. The van der Waals surface area contributed by atoms with Gasteiger partial charge in [0.25, 0.3) is 0 Å². The van der Waals surface area contributed by atoms with Gasteiger partial charge in [-0.15, -0.1) is 0 Å². The van der Waals surface area contributed by atoms with Crippen LogP contribution in [-0.4, -0.2) is 48.6 Å². The molecule has 0 spiro atoms. The quantitative estimate of drug-likeness (QED) is 0.311. The van der Waals surface area contributed by atoms with Gasteiger partial charge in [0.2, 0.25) is 11.8 Å². The van der Waals surface area contributed by atoms with Gasteiger partial charge in [0.1, 0.15) is 6.61 Å². The number of morpholine rings is 1. The van der Waals surface area contributed by atoms with Gasteiger partial charge in [-0.05, 0) is 76.9 Å². The van der Waals surface area contributed by atoms with Crippen molar-refractivity contribution in [3.8, 4) is 0 Å². The molecule has 2 amide bonds. The first-order valence-electron chi connectivity index (χ1n) is 18.9. The summed E-state index contributed by atoms with van der Waals surface area (Å²) < 4.78 is 5.78. The van der Waals surface area contributed by atoms with Gasteiger partial charge in [0.15, 0.2) is 0 Å². The van der Waals surface area contributed by atoms with Crippen molar-refractivity contribution in [3.05, 3.63) is 0 Å². The number of fused-ring (bicyclic) bond motifs is 2. The van der Waals surface area contributed by atoms with E-state index in [-0.39, 0.29) is 58.1 Å². The van der Waals surface area contributed by atoms with Crippen LogP contribution in [0.5, 0.6) is 0 Å². The molecule has 0 bridgehead atoms. The predicted molar refractivity (Wildman–Crippen MR) is 195 cm³/mol. The predicted octanol–water partition coefficient (Wildman–Crippen LogP) is 10.6. The lowest BCUT2D eigenvalue weighted by molar-refractivity contribution is -0.152. The van der Waals surface area contributed by atoms with Gasteiger partial charge in [-0.25, -0.2) is 0 Å². The zero-order valence-corrected chi connectivity index (χ0v) is 33.8. The Bertz CT molecular complexity index is 923. The normalized spacial score (nSPS) is 35.7. The second-order valence-electron chi connectivity index (χ2n) is 17.1. The van der Waals surface area contributed by atoms with Crippen LogP contribution in [0, 0.1) is 44.3 Å². The van der Waals surface area contributed by atoms with Gasteiger partial charge >= 0.3 is 0 Å². The Kier molecular flexibility index (Phi) is 16.4. The summed E-state index contributed by atoms with van der Waals surface area (Å²) in [5.74, 6) is 0.853. The number of carbonyl (C=O) groups excluding carboxylic acids is 2. The lowest BCUT2D eigenvalue weighted by Gasteiger charge is -2.49. The molecule has 268 valence electrons.